The van der Waals surface area contributed by atoms with Crippen molar-refractivity contribution in [1.29, 1.82) is 0 Å². The Morgan fingerprint density at radius 2 is 1.60 bits per heavy atom. The summed E-state index contributed by atoms with van der Waals surface area (Å²) in [6.07, 6.45) is 3.40. The Morgan fingerprint density at radius 1 is 0.967 bits per heavy atom. The monoisotopic (exact) mass is 428 g/mol. The highest BCUT2D eigenvalue weighted by molar-refractivity contribution is 5.67. The summed E-state index contributed by atoms with van der Waals surface area (Å²) in [5.41, 5.74) is 0. The number of rotatable bonds is 11. The second kappa shape index (κ2) is 13.7. The van der Waals surface area contributed by atoms with Gasteiger partial charge in [0.25, 0.3) is 0 Å². The maximum atomic E-state index is 12.3. The van der Waals surface area contributed by atoms with Gasteiger partial charge in [-0.05, 0) is 79.6 Å². The highest BCUT2D eigenvalue weighted by atomic mass is 16.6. The summed E-state index contributed by atoms with van der Waals surface area (Å²) in [6, 6.07) is 0. The largest absolute Gasteiger partial charge is 0.447 e. The van der Waals surface area contributed by atoms with E-state index in [1.165, 1.54) is 0 Å². The van der Waals surface area contributed by atoms with Crippen LogP contribution in [0.2, 0.25) is 0 Å². The molecule has 1 unspecified atom stereocenters. The van der Waals surface area contributed by atoms with E-state index >= 15 is 0 Å². The van der Waals surface area contributed by atoms with Gasteiger partial charge in [-0.15, -0.1) is 0 Å². The number of likely N-dealkylation sites (tertiary alicyclic amines) is 1. The summed E-state index contributed by atoms with van der Waals surface area (Å²) in [6.45, 7) is 10.9. The van der Waals surface area contributed by atoms with Crippen LogP contribution in [0.5, 0.6) is 0 Å². The predicted octanol–water partition coefficient (Wildman–Crippen LogP) is 2.97. The lowest BCUT2D eigenvalue weighted by molar-refractivity contribution is 0.0523. The van der Waals surface area contributed by atoms with E-state index in [1.54, 1.807) is 23.9 Å². The minimum Gasteiger partial charge on any atom is -0.447 e. The van der Waals surface area contributed by atoms with Crippen LogP contribution in [0.25, 0.3) is 0 Å². The highest BCUT2D eigenvalue weighted by Crippen LogP contribution is 2.22. The Hall–Kier alpha value is -1.54. The molecule has 2 atom stereocenters. The molecule has 0 aromatic heterocycles. The highest BCUT2D eigenvalue weighted by Gasteiger charge is 2.24. The average Bonchev–Trinajstić information content (AvgIpc) is 2.65. The molecule has 8 nitrogen and oxygen atoms in total. The van der Waals surface area contributed by atoms with E-state index in [1.807, 2.05) is 34.9 Å². The van der Waals surface area contributed by atoms with Crippen molar-refractivity contribution in [3.8, 4) is 0 Å². The van der Waals surface area contributed by atoms with Gasteiger partial charge in [0.2, 0.25) is 0 Å². The van der Waals surface area contributed by atoms with Crippen LogP contribution in [0, 0.1) is 5.92 Å². The van der Waals surface area contributed by atoms with Gasteiger partial charge in [-0.3, -0.25) is 0 Å². The molecule has 0 bridgehead atoms. The SMILES string of the molecule is CC(C)OC(=O)N(C)CCN1CCCC(C[C@H](C)OC(=O)N(C)CCCN(C)C)C1. The molecule has 2 amide bonds. The first-order valence-corrected chi connectivity index (χ1v) is 11.3. The number of ether oxygens (including phenoxy) is 2. The van der Waals surface area contributed by atoms with Crippen molar-refractivity contribution in [2.45, 2.75) is 58.7 Å². The summed E-state index contributed by atoms with van der Waals surface area (Å²) >= 11 is 0. The van der Waals surface area contributed by atoms with Crippen molar-refractivity contribution < 1.29 is 19.1 Å². The fraction of sp³-hybridized carbons (Fsp3) is 0.909. The number of nitrogens with zero attached hydrogens (tertiary/aromatic N) is 4. The summed E-state index contributed by atoms with van der Waals surface area (Å²) in [5, 5.41) is 0. The third-order valence-corrected chi connectivity index (χ3v) is 5.38. The Balaban J connectivity index is 2.32. The topological polar surface area (TPSA) is 65.6 Å². The fourth-order valence-electron chi connectivity index (χ4n) is 3.72. The van der Waals surface area contributed by atoms with Crippen molar-refractivity contribution in [1.82, 2.24) is 19.6 Å². The summed E-state index contributed by atoms with van der Waals surface area (Å²) in [5.74, 6) is 0.508. The van der Waals surface area contributed by atoms with Crippen LogP contribution in [-0.4, -0.2) is 111 Å². The van der Waals surface area contributed by atoms with Crippen LogP contribution >= 0.6 is 0 Å². The van der Waals surface area contributed by atoms with Crippen LogP contribution in [-0.2, 0) is 9.47 Å². The fourth-order valence-corrected chi connectivity index (χ4v) is 3.72. The van der Waals surface area contributed by atoms with Gasteiger partial charge in [0.1, 0.15) is 6.10 Å². The summed E-state index contributed by atoms with van der Waals surface area (Å²) < 4.78 is 10.9. The van der Waals surface area contributed by atoms with E-state index in [-0.39, 0.29) is 24.4 Å². The lowest BCUT2D eigenvalue weighted by atomic mass is 9.92. The molecule has 0 aromatic rings. The number of likely N-dealkylation sites (N-methyl/N-ethyl adjacent to an activating group) is 1. The standard InChI is InChI=1S/C22H44N4O4/c1-18(2)29-21(27)25(7)14-15-26-13-8-10-20(17-26)16-19(3)30-22(28)24(6)12-9-11-23(4)5/h18-20H,8-17H2,1-7H3/t19-,20?/m0/s1. The number of hydrogen-bond acceptors (Lipinski definition) is 6. The molecule has 0 radical (unpaired) electrons. The van der Waals surface area contributed by atoms with Crippen molar-refractivity contribution in [2.75, 3.05) is 67.5 Å². The first-order chi connectivity index (χ1) is 14.1. The molecule has 30 heavy (non-hydrogen) atoms. The Kier molecular flexibility index (Phi) is 12.1. The molecule has 1 aliphatic rings. The van der Waals surface area contributed by atoms with Crippen molar-refractivity contribution in [3.63, 3.8) is 0 Å². The first-order valence-electron chi connectivity index (χ1n) is 11.3. The van der Waals surface area contributed by atoms with Gasteiger partial charge in [-0.25, -0.2) is 9.59 Å². The normalized spacial score (nSPS) is 18.4. The maximum absolute atomic E-state index is 12.3. The van der Waals surface area contributed by atoms with Crippen LogP contribution < -0.4 is 0 Å². The zero-order valence-electron chi connectivity index (χ0n) is 20.2. The van der Waals surface area contributed by atoms with E-state index in [0.717, 1.165) is 51.9 Å². The smallest absolute Gasteiger partial charge is 0.409 e. The lowest BCUT2D eigenvalue weighted by Gasteiger charge is -2.34. The molecule has 0 aromatic carbocycles. The second-order valence-corrected chi connectivity index (χ2v) is 9.17. The molecule has 0 saturated carbocycles. The third-order valence-electron chi connectivity index (χ3n) is 5.38. The van der Waals surface area contributed by atoms with E-state index in [0.29, 0.717) is 19.0 Å². The van der Waals surface area contributed by atoms with E-state index in [9.17, 15) is 9.59 Å². The number of hydrogen-bond donors (Lipinski definition) is 0. The molecule has 1 fully saturated rings. The minimum absolute atomic E-state index is 0.0950. The average molecular weight is 429 g/mol. The van der Waals surface area contributed by atoms with Gasteiger partial charge < -0.3 is 29.1 Å². The molecule has 0 spiro atoms. The molecule has 1 saturated heterocycles. The van der Waals surface area contributed by atoms with E-state index in [4.69, 9.17) is 9.47 Å². The summed E-state index contributed by atoms with van der Waals surface area (Å²) in [4.78, 5) is 32.0. The number of carbonyl (C=O) groups is 2. The van der Waals surface area contributed by atoms with Gasteiger partial charge >= 0.3 is 12.2 Å². The molecule has 1 rings (SSSR count). The van der Waals surface area contributed by atoms with Gasteiger partial charge in [-0.2, -0.15) is 0 Å². The number of piperidine rings is 1. The quantitative estimate of drug-likeness (QED) is 0.504. The maximum Gasteiger partial charge on any atom is 0.409 e. The second-order valence-electron chi connectivity index (χ2n) is 9.17. The van der Waals surface area contributed by atoms with Crippen molar-refractivity contribution >= 4 is 12.2 Å². The summed E-state index contributed by atoms with van der Waals surface area (Å²) in [7, 11) is 7.64. The molecular weight excluding hydrogens is 384 g/mol. The Morgan fingerprint density at radius 3 is 2.23 bits per heavy atom. The molecule has 0 aliphatic carbocycles. The predicted molar refractivity (Wildman–Crippen MR) is 120 cm³/mol. The molecule has 1 aliphatic heterocycles. The zero-order valence-corrected chi connectivity index (χ0v) is 20.2. The van der Waals surface area contributed by atoms with Gasteiger partial charge in [0, 0.05) is 40.3 Å². The Labute approximate surface area is 183 Å². The minimum atomic E-state index is -0.270. The van der Waals surface area contributed by atoms with Crippen molar-refractivity contribution in [3.05, 3.63) is 0 Å². The number of amides is 2. The zero-order chi connectivity index (χ0) is 22.7. The van der Waals surface area contributed by atoms with Crippen LogP contribution in [0.1, 0.15) is 46.5 Å². The van der Waals surface area contributed by atoms with E-state index < -0.39 is 0 Å². The third kappa shape index (κ3) is 11.0. The van der Waals surface area contributed by atoms with Gasteiger partial charge in [0.15, 0.2) is 0 Å². The molecule has 176 valence electrons. The van der Waals surface area contributed by atoms with Crippen LogP contribution in [0.4, 0.5) is 9.59 Å². The Bertz CT molecular complexity index is 515. The molecule has 0 N–H and O–H groups in total. The first kappa shape index (κ1) is 26.5. The van der Waals surface area contributed by atoms with Crippen LogP contribution in [0.3, 0.4) is 0 Å². The van der Waals surface area contributed by atoms with Crippen molar-refractivity contribution in [2.24, 2.45) is 5.92 Å². The van der Waals surface area contributed by atoms with Gasteiger partial charge in [-0.1, -0.05) is 0 Å². The lowest BCUT2D eigenvalue weighted by Crippen LogP contribution is -2.42. The molecule has 8 heteroatoms. The van der Waals surface area contributed by atoms with E-state index in [2.05, 4.69) is 9.80 Å². The molecule has 1 heterocycles. The number of carbonyl (C=O) groups excluding carboxylic acids is 2. The van der Waals surface area contributed by atoms with Gasteiger partial charge in [0.05, 0.1) is 6.10 Å². The van der Waals surface area contributed by atoms with Crippen LogP contribution in [0.15, 0.2) is 0 Å². The molecular formula is C22H44N4O4.